The largest absolute Gasteiger partial charge is 0.478 e. The number of nitrogens with one attached hydrogen (secondary N) is 1. The van der Waals surface area contributed by atoms with Gasteiger partial charge >= 0.3 is 12.0 Å². The highest BCUT2D eigenvalue weighted by molar-refractivity contribution is 9.10. The number of rotatable bonds is 2. The molecule has 0 saturated carbocycles. The Morgan fingerprint density at radius 2 is 2.07 bits per heavy atom. The molecule has 0 bridgehead atoms. The van der Waals surface area contributed by atoms with Gasteiger partial charge in [-0.15, -0.1) is 0 Å². The molecule has 1 rings (SSSR count). The number of carboxylic acids is 1. The van der Waals surface area contributed by atoms with E-state index in [-0.39, 0.29) is 11.3 Å². The summed E-state index contributed by atoms with van der Waals surface area (Å²) < 4.78 is 0.616. The highest BCUT2D eigenvalue weighted by Gasteiger charge is 2.11. The van der Waals surface area contributed by atoms with Crippen LogP contribution in [0.3, 0.4) is 0 Å². The number of anilines is 1. The summed E-state index contributed by atoms with van der Waals surface area (Å²) in [5.41, 5.74) is 5.04. The standard InChI is InChI=1S/C8H7BrN2O3/c9-4-1-2-6(11-8(10)14)5(3-4)7(12)13/h1-3H,(H,12,13)(H3,10,11,14). The molecule has 1 aromatic carbocycles. The molecule has 0 radical (unpaired) electrons. The zero-order valence-electron chi connectivity index (χ0n) is 6.95. The van der Waals surface area contributed by atoms with Gasteiger partial charge in [-0.25, -0.2) is 9.59 Å². The predicted octanol–water partition coefficient (Wildman–Crippen LogP) is 1.64. The van der Waals surface area contributed by atoms with Crippen molar-refractivity contribution in [3.8, 4) is 0 Å². The van der Waals surface area contributed by atoms with Crippen molar-refractivity contribution in [2.75, 3.05) is 5.32 Å². The van der Waals surface area contributed by atoms with Crippen molar-refractivity contribution in [2.24, 2.45) is 5.73 Å². The number of benzene rings is 1. The van der Waals surface area contributed by atoms with Crippen molar-refractivity contribution in [3.63, 3.8) is 0 Å². The van der Waals surface area contributed by atoms with Crippen molar-refractivity contribution in [1.29, 1.82) is 0 Å². The van der Waals surface area contributed by atoms with Crippen LogP contribution >= 0.6 is 15.9 Å². The number of carbonyl (C=O) groups is 2. The summed E-state index contributed by atoms with van der Waals surface area (Å²) in [7, 11) is 0. The number of urea groups is 1. The third-order valence-electron chi connectivity index (χ3n) is 1.47. The van der Waals surface area contributed by atoms with E-state index in [0.717, 1.165) is 0 Å². The zero-order valence-corrected chi connectivity index (χ0v) is 8.54. The second-order valence-electron chi connectivity index (χ2n) is 2.48. The zero-order chi connectivity index (χ0) is 10.7. The Morgan fingerprint density at radius 3 is 2.57 bits per heavy atom. The minimum Gasteiger partial charge on any atom is -0.478 e. The molecule has 0 aliphatic heterocycles. The van der Waals surface area contributed by atoms with Crippen LogP contribution in [-0.2, 0) is 0 Å². The SMILES string of the molecule is NC(=O)Nc1ccc(Br)cc1C(=O)O. The van der Waals surface area contributed by atoms with Gasteiger partial charge in [0.25, 0.3) is 0 Å². The highest BCUT2D eigenvalue weighted by Crippen LogP contribution is 2.20. The van der Waals surface area contributed by atoms with Gasteiger partial charge < -0.3 is 16.2 Å². The molecule has 0 heterocycles. The van der Waals surface area contributed by atoms with Crippen molar-refractivity contribution in [2.45, 2.75) is 0 Å². The van der Waals surface area contributed by atoms with Crippen LogP contribution in [0.15, 0.2) is 22.7 Å². The van der Waals surface area contributed by atoms with Crippen molar-refractivity contribution >= 4 is 33.6 Å². The molecule has 6 heteroatoms. The molecule has 74 valence electrons. The summed E-state index contributed by atoms with van der Waals surface area (Å²) in [4.78, 5) is 21.3. The quantitative estimate of drug-likeness (QED) is 0.753. The normalized spacial score (nSPS) is 9.50. The van der Waals surface area contributed by atoms with Gasteiger partial charge in [-0.2, -0.15) is 0 Å². The number of nitrogens with two attached hydrogens (primary N) is 1. The van der Waals surface area contributed by atoms with Gasteiger partial charge in [0.15, 0.2) is 0 Å². The molecule has 0 aliphatic carbocycles. The Morgan fingerprint density at radius 1 is 1.43 bits per heavy atom. The third kappa shape index (κ3) is 2.46. The van der Waals surface area contributed by atoms with Crippen molar-refractivity contribution in [3.05, 3.63) is 28.2 Å². The second kappa shape index (κ2) is 4.10. The van der Waals surface area contributed by atoms with Crippen LogP contribution in [0.5, 0.6) is 0 Å². The van der Waals surface area contributed by atoms with Crippen LogP contribution in [0, 0.1) is 0 Å². The van der Waals surface area contributed by atoms with E-state index in [2.05, 4.69) is 21.2 Å². The first-order valence-corrected chi connectivity index (χ1v) is 4.39. The molecule has 0 atom stereocenters. The Balaban J connectivity index is 3.14. The fourth-order valence-corrected chi connectivity index (χ4v) is 1.30. The molecule has 0 aliphatic rings. The first-order valence-electron chi connectivity index (χ1n) is 3.60. The topological polar surface area (TPSA) is 92.4 Å². The molecular formula is C8H7BrN2O3. The summed E-state index contributed by atoms with van der Waals surface area (Å²) in [6, 6.07) is 3.65. The van der Waals surface area contributed by atoms with E-state index in [1.807, 2.05) is 0 Å². The Bertz CT molecular complexity index is 392. The number of hydrogen-bond acceptors (Lipinski definition) is 2. The summed E-state index contributed by atoms with van der Waals surface area (Å²) in [5, 5.41) is 11.0. The molecule has 0 unspecified atom stereocenters. The molecule has 4 N–H and O–H groups in total. The summed E-state index contributed by atoms with van der Waals surface area (Å²) in [5.74, 6) is -1.13. The summed E-state index contributed by atoms with van der Waals surface area (Å²) >= 11 is 3.12. The molecule has 14 heavy (non-hydrogen) atoms. The number of carbonyl (C=O) groups excluding carboxylic acids is 1. The maximum Gasteiger partial charge on any atom is 0.337 e. The van der Waals surface area contributed by atoms with Gasteiger partial charge in [0, 0.05) is 4.47 Å². The minimum absolute atomic E-state index is 0.0156. The van der Waals surface area contributed by atoms with E-state index in [0.29, 0.717) is 4.47 Å². The summed E-state index contributed by atoms with van der Waals surface area (Å²) in [6.07, 6.45) is 0. The summed E-state index contributed by atoms with van der Waals surface area (Å²) in [6.45, 7) is 0. The number of carboxylic acid groups (broad SMARTS) is 1. The molecule has 1 aromatic rings. The molecule has 0 spiro atoms. The number of hydrogen-bond donors (Lipinski definition) is 3. The smallest absolute Gasteiger partial charge is 0.337 e. The number of amides is 2. The van der Waals surface area contributed by atoms with Gasteiger partial charge in [0.1, 0.15) is 0 Å². The van der Waals surface area contributed by atoms with Crippen LogP contribution in [-0.4, -0.2) is 17.1 Å². The fourth-order valence-electron chi connectivity index (χ4n) is 0.935. The van der Waals surface area contributed by atoms with Crippen molar-refractivity contribution in [1.82, 2.24) is 0 Å². The molecule has 5 nitrogen and oxygen atoms in total. The first kappa shape index (κ1) is 10.5. The second-order valence-corrected chi connectivity index (χ2v) is 3.40. The third-order valence-corrected chi connectivity index (χ3v) is 1.96. The number of aromatic carboxylic acids is 1. The molecule has 0 aromatic heterocycles. The van der Waals surface area contributed by atoms with Crippen LogP contribution in [0.25, 0.3) is 0 Å². The van der Waals surface area contributed by atoms with Crippen LogP contribution in [0.1, 0.15) is 10.4 Å². The molecular weight excluding hydrogens is 252 g/mol. The Hall–Kier alpha value is -1.56. The van der Waals surface area contributed by atoms with E-state index >= 15 is 0 Å². The predicted molar refractivity (Wildman–Crippen MR) is 54.3 cm³/mol. The van der Waals surface area contributed by atoms with E-state index in [4.69, 9.17) is 10.8 Å². The van der Waals surface area contributed by atoms with E-state index in [1.165, 1.54) is 12.1 Å². The molecule has 0 fully saturated rings. The Kier molecular flexibility index (Phi) is 3.08. The lowest BCUT2D eigenvalue weighted by Crippen LogP contribution is -2.20. The average Bonchev–Trinajstić information content (AvgIpc) is 2.07. The number of halogens is 1. The first-order chi connectivity index (χ1) is 6.50. The highest BCUT2D eigenvalue weighted by atomic mass is 79.9. The van der Waals surface area contributed by atoms with Crippen molar-refractivity contribution < 1.29 is 14.7 Å². The van der Waals surface area contributed by atoms with Crippen LogP contribution in [0.4, 0.5) is 10.5 Å². The van der Waals surface area contributed by atoms with Crippen LogP contribution in [0.2, 0.25) is 0 Å². The lowest BCUT2D eigenvalue weighted by molar-refractivity contribution is 0.0698. The van der Waals surface area contributed by atoms with Gasteiger partial charge in [-0.1, -0.05) is 15.9 Å². The minimum atomic E-state index is -1.13. The van der Waals surface area contributed by atoms with E-state index < -0.39 is 12.0 Å². The molecule has 0 saturated heterocycles. The Labute approximate surface area is 88.0 Å². The average molecular weight is 259 g/mol. The van der Waals surface area contributed by atoms with Gasteiger partial charge in [0.2, 0.25) is 0 Å². The van der Waals surface area contributed by atoms with E-state index in [1.54, 1.807) is 6.07 Å². The van der Waals surface area contributed by atoms with Gasteiger partial charge in [-0.3, -0.25) is 0 Å². The maximum atomic E-state index is 10.7. The lowest BCUT2D eigenvalue weighted by atomic mass is 10.2. The van der Waals surface area contributed by atoms with Gasteiger partial charge in [0.05, 0.1) is 11.3 Å². The lowest BCUT2D eigenvalue weighted by Gasteiger charge is -2.05. The maximum absolute atomic E-state index is 10.7. The fraction of sp³-hybridized carbons (Fsp3) is 0. The van der Waals surface area contributed by atoms with E-state index in [9.17, 15) is 9.59 Å². The van der Waals surface area contributed by atoms with Crippen LogP contribution < -0.4 is 11.1 Å². The number of primary amides is 1. The monoisotopic (exact) mass is 258 g/mol. The van der Waals surface area contributed by atoms with Gasteiger partial charge in [-0.05, 0) is 18.2 Å². The molecule has 2 amide bonds.